The predicted octanol–water partition coefficient (Wildman–Crippen LogP) is 4.85. The van der Waals surface area contributed by atoms with E-state index in [1.165, 1.54) is 6.07 Å². The Labute approximate surface area is 125 Å². The van der Waals surface area contributed by atoms with Gasteiger partial charge in [-0.1, -0.05) is 53.0 Å². The fraction of sp³-hybridized carbons (Fsp3) is 0.143. The molecule has 0 fully saturated rings. The molecular formula is C14H9Cl2NOS. The molecule has 2 nitrogen and oxygen atoms in total. The Morgan fingerprint density at radius 3 is 2.42 bits per heavy atom. The number of Topliss-reactive ketones (excluding diaryl/α,β-unsaturated/α-hetero) is 1. The van der Waals surface area contributed by atoms with Crippen LogP contribution in [0.5, 0.6) is 0 Å². The summed E-state index contributed by atoms with van der Waals surface area (Å²) in [5, 5.41) is 9.23. The molecule has 0 saturated carbocycles. The lowest BCUT2D eigenvalue weighted by molar-refractivity contribution is 0.0979. The van der Waals surface area contributed by atoms with Crippen LogP contribution in [0.2, 0.25) is 8.67 Å². The van der Waals surface area contributed by atoms with Gasteiger partial charge in [-0.15, -0.1) is 11.3 Å². The van der Waals surface area contributed by atoms with Crippen LogP contribution in [-0.2, 0) is 0 Å². The molecule has 96 valence electrons. The number of benzene rings is 1. The average Bonchev–Trinajstić information content (AvgIpc) is 2.71. The molecule has 0 aliphatic heterocycles. The van der Waals surface area contributed by atoms with Gasteiger partial charge >= 0.3 is 0 Å². The second kappa shape index (κ2) is 5.75. The third-order valence-corrected chi connectivity index (χ3v) is 4.21. The number of carbonyl (C=O) groups is 1. The first-order chi connectivity index (χ1) is 9.02. The van der Waals surface area contributed by atoms with Crippen molar-refractivity contribution in [3.8, 4) is 6.07 Å². The van der Waals surface area contributed by atoms with Crippen LogP contribution in [0.1, 0.15) is 27.4 Å². The zero-order chi connectivity index (χ0) is 14.0. The van der Waals surface area contributed by atoms with E-state index in [-0.39, 0.29) is 5.78 Å². The van der Waals surface area contributed by atoms with Gasteiger partial charge in [0, 0.05) is 0 Å². The second-order valence-corrected chi connectivity index (χ2v) is 6.36. The summed E-state index contributed by atoms with van der Waals surface area (Å²) in [6.45, 7) is 1.95. The summed E-state index contributed by atoms with van der Waals surface area (Å²) in [4.78, 5) is 12.3. The lowest BCUT2D eigenvalue weighted by Crippen LogP contribution is -2.10. The number of halogens is 2. The highest BCUT2D eigenvalue weighted by Gasteiger charge is 2.25. The molecule has 0 amide bonds. The van der Waals surface area contributed by atoms with Crippen molar-refractivity contribution in [3.63, 3.8) is 0 Å². The minimum atomic E-state index is -0.858. The molecule has 0 bridgehead atoms. The van der Waals surface area contributed by atoms with Crippen LogP contribution < -0.4 is 0 Å². The Hall–Kier alpha value is -1.34. The number of rotatable bonds is 3. The van der Waals surface area contributed by atoms with E-state index >= 15 is 0 Å². The SMILES string of the molecule is Cc1ccc(C(C#N)C(=O)c2cc(Cl)sc2Cl)cc1. The Kier molecular flexibility index (Phi) is 4.26. The number of nitriles is 1. The lowest BCUT2D eigenvalue weighted by atomic mass is 9.92. The molecule has 0 spiro atoms. The van der Waals surface area contributed by atoms with E-state index in [4.69, 9.17) is 23.2 Å². The maximum absolute atomic E-state index is 12.3. The van der Waals surface area contributed by atoms with Gasteiger partial charge in [-0.05, 0) is 18.6 Å². The number of hydrogen-bond acceptors (Lipinski definition) is 3. The first-order valence-corrected chi connectivity index (χ1v) is 7.05. The first-order valence-electron chi connectivity index (χ1n) is 5.48. The summed E-state index contributed by atoms with van der Waals surface area (Å²) in [6, 6.07) is 10.8. The zero-order valence-electron chi connectivity index (χ0n) is 9.98. The van der Waals surface area contributed by atoms with Gasteiger partial charge in [-0.3, -0.25) is 4.79 Å². The van der Waals surface area contributed by atoms with Gasteiger partial charge in [0.05, 0.1) is 16.0 Å². The van der Waals surface area contributed by atoms with Crippen molar-refractivity contribution in [1.82, 2.24) is 0 Å². The number of hydrogen-bond donors (Lipinski definition) is 0. The van der Waals surface area contributed by atoms with Gasteiger partial charge in [-0.25, -0.2) is 0 Å². The lowest BCUT2D eigenvalue weighted by Gasteiger charge is -2.08. The fourth-order valence-electron chi connectivity index (χ4n) is 1.71. The van der Waals surface area contributed by atoms with Gasteiger partial charge in [0.15, 0.2) is 5.78 Å². The van der Waals surface area contributed by atoms with E-state index in [0.29, 0.717) is 19.8 Å². The normalized spacial score (nSPS) is 11.9. The molecule has 0 radical (unpaired) electrons. The van der Waals surface area contributed by atoms with Crippen molar-refractivity contribution in [2.45, 2.75) is 12.8 Å². The molecule has 1 heterocycles. The summed E-state index contributed by atoms with van der Waals surface area (Å²) in [7, 11) is 0. The third-order valence-electron chi connectivity index (χ3n) is 2.72. The number of thiophene rings is 1. The average molecular weight is 310 g/mol. The largest absolute Gasteiger partial charge is 0.292 e. The summed E-state index contributed by atoms with van der Waals surface area (Å²) < 4.78 is 0.760. The highest BCUT2D eigenvalue weighted by atomic mass is 35.5. The van der Waals surface area contributed by atoms with Crippen molar-refractivity contribution in [2.24, 2.45) is 0 Å². The minimum absolute atomic E-state index is 0.309. The smallest absolute Gasteiger partial charge is 0.186 e. The van der Waals surface area contributed by atoms with Gasteiger partial charge < -0.3 is 0 Å². The second-order valence-electron chi connectivity index (χ2n) is 4.07. The minimum Gasteiger partial charge on any atom is -0.292 e. The highest BCUT2D eigenvalue weighted by molar-refractivity contribution is 7.20. The number of ketones is 1. The van der Waals surface area contributed by atoms with Crippen molar-refractivity contribution < 1.29 is 4.79 Å². The van der Waals surface area contributed by atoms with Crippen LogP contribution in [0.15, 0.2) is 30.3 Å². The molecule has 0 saturated heterocycles. The standard InChI is InChI=1S/C14H9Cl2NOS/c1-8-2-4-9(5-3-8)11(7-17)13(18)10-6-12(15)19-14(10)16/h2-6,11H,1H3. The van der Waals surface area contributed by atoms with Crippen molar-refractivity contribution in [3.05, 3.63) is 55.7 Å². The first kappa shape index (κ1) is 14.1. The van der Waals surface area contributed by atoms with E-state index in [2.05, 4.69) is 0 Å². The van der Waals surface area contributed by atoms with Crippen LogP contribution in [0.4, 0.5) is 0 Å². The van der Waals surface area contributed by atoms with Gasteiger partial charge in [0.2, 0.25) is 0 Å². The Balaban J connectivity index is 2.38. The Morgan fingerprint density at radius 2 is 1.95 bits per heavy atom. The molecule has 1 atom stereocenters. The molecule has 0 aliphatic rings. The molecule has 2 aromatic rings. The van der Waals surface area contributed by atoms with E-state index < -0.39 is 5.92 Å². The van der Waals surface area contributed by atoms with E-state index in [0.717, 1.165) is 16.9 Å². The number of aryl methyl sites for hydroxylation is 1. The van der Waals surface area contributed by atoms with E-state index in [9.17, 15) is 10.1 Å². The Bertz CT molecular complexity index is 655. The Morgan fingerprint density at radius 1 is 1.32 bits per heavy atom. The summed E-state index contributed by atoms with van der Waals surface area (Å²) in [5.41, 5.74) is 2.05. The van der Waals surface area contributed by atoms with Gasteiger partial charge in [0.1, 0.15) is 10.3 Å². The van der Waals surface area contributed by atoms with Crippen LogP contribution in [0.25, 0.3) is 0 Å². The third kappa shape index (κ3) is 2.98. The van der Waals surface area contributed by atoms with Crippen molar-refractivity contribution in [2.75, 3.05) is 0 Å². The van der Waals surface area contributed by atoms with Crippen LogP contribution >= 0.6 is 34.5 Å². The summed E-state index contributed by atoms with van der Waals surface area (Å²) in [5.74, 6) is -1.18. The maximum atomic E-state index is 12.3. The highest BCUT2D eigenvalue weighted by Crippen LogP contribution is 2.34. The fourth-order valence-corrected chi connectivity index (χ4v) is 3.18. The molecule has 1 unspecified atom stereocenters. The molecule has 19 heavy (non-hydrogen) atoms. The monoisotopic (exact) mass is 309 g/mol. The summed E-state index contributed by atoms with van der Waals surface area (Å²) >= 11 is 12.9. The molecule has 1 aromatic heterocycles. The van der Waals surface area contributed by atoms with Crippen molar-refractivity contribution in [1.29, 1.82) is 5.26 Å². The maximum Gasteiger partial charge on any atom is 0.186 e. The number of carbonyl (C=O) groups excluding carboxylic acids is 1. The molecule has 5 heteroatoms. The molecule has 1 aromatic carbocycles. The van der Waals surface area contributed by atoms with Crippen LogP contribution in [0.3, 0.4) is 0 Å². The molecule has 0 N–H and O–H groups in total. The topological polar surface area (TPSA) is 40.9 Å². The predicted molar refractivity (Wildman–Crippen MR) is 78.2 cm³/mol. The quantitative estimate of drug-likeness (QED) is 0.760. The zero-order valence-corrected chi connectivity index (χ0v) is 12.3. The van der Waals surface area contributed by atoms with Crippen LogP contribution in [0, 0.1) is 18.3 Å². The molecular weight excluding hydrogens is 301 g/mol. The number of nitrogens with zero attached hydrogens (tertiary/aromatic N) is 1. The summed E-state index contributed by atoms with van der Waals surface area (Å²) in [6.07, 6.45) is 0. The van der Waals surface area contributed by atoms with E-state index in [1.807, 2.05) is 25.1 Å². The van der Waals surface area contributed by atoms with Gasteiger partial charge in [-0.2, -0.15) is 5.26 Å². The molecule has 0 aliphatic carbocycles. The van der Waals surface area contributed by atoms with Gasteiger partial charge in [0.25, 0.3) is 0 Å². The molecule has 2 rings (SSSR count). The van der Waals surface area contributed by atoms with E-state index in [1.54, 1.807) is 12.1 Å². The van der Waals surface area contributed by atoms with Crippen molar-refractivity contribution >= 4 is 40.3 Å². The van der Waals surface area contributed by atoms with Crippen LogP contribution in [-0.4, -0.2) is 5.78 Å².